The molecule has 4 N–H and O–H groups in total. The zero-order valence-electron chi connectivity index (χ0n) is 9.54. The van der Waals surface area contributed by atoms with Gasteiger partial charge in [-0.25, -0.2) is 9.59 Å². The fraction of sp³-hybridized carbons (Fsp3) is 0.182. The quantitative estimate of drug-likeness (QED) is 0.505. The zero-order chi connectivity index (χ0) is 13.7. The lowest BCUT2D eigenvalue weighted by molar-refractivity contribution is -0.141. The van der Waals surface area contributed by atoms with E-state index < -0.39 is 23.9 Å². The van der Waals surface area contributed by atoms with E-state index in [4.69, 9.17) is 10.8 Å². The van der Waals surface area contributed by atoms with Gasteiger partial charge in [0.1, 0.15) is 0 Å². The van der Waals surface area contributed by atoms with E-state index in [1.165, 1.54) is 31.4 Å². The summed E-state index contributed by atoms with van der Waals surface area (Å²) in [6.07, 6.45) is 0. The van der Waals surface area contributed by atoms with E-state index in [-0.39, 0.29) is 11.3 Å². The molecular weight excluding hydrogens is 240 g/mol. The number of benzene rings is 1. The van der Waals surface area contributed by atoms with Gasteiger partial charge in [0.2, 0.25) is 0 Å². The number of hydrogen-bond donors (Lipinski definition) is 3. The Hall–Kier alpha value is -2.41. The fourth-order valence-corrected chi connectivity index (χ4v) is 1.17. The van der Waals surface area contributed by atoms with Gasteiger partial charge in [0, 0.05) is 5.69 Å². The van der Waals surface area contributed by atoms with E-state index in [9.17, 15) is 14.4 Å². The van der Waals surface area contributed by atoms with Gasteiger partial charge in [0.25, 0.3) is 5.91 Å². The Morgan fingerprint density at radius 2 is 2.06 bits per heavy atom. The molecule has 1 unspecified atom stereocenters. The molecule has 0 fully saturated rings. The first-order valence-electron chi connectivity index (χ1n) is 4.93. The highest BCUT2D eigenvalue weighted by molar-refractivity contribution is 6.07. The van der Waals surface area contributed by atoms with Gasteiger partial charge in [-0.05, 0) is 18.2 Å². The van der Waals surface area contributed by atoms with Crippen LogP contribution in [0.3, 0.4) is 0 Å². The van der Waals surface area contributed by atoms with Crippen LogP contribution in [-0.4, -0.2) is 36.1 Å². The number of anilines is 1. The SMILES string of the molecule is COC(=O)c1cccc(NC(=O)C(N)C(=O)O)c1. The largest absolute Gasteiger partial charge is 0.480 e. The van der Waals surface area contributed by atoms with Gasteiger partial charge in [0.05, 0.1) is 12.7 Å². The molecule has 0 saturated heterocycles. The molecule has 0 saturated carbocycles. The third-order valence-corrected chi connectivity index (χ3v) is 2.10. The lowest BCUT2D eigenvalue weighted by Gasteiger charge is -2.09. The molecule has 1 aromatic rings. The molecule has 1 atom stereocenters. The zero-order valence-corrected chi connectivity index (χ0v) is 9.54. The number of nitrogens with one attached hydrogen (secondary N) is 1. The predicted octanol–water partition coefficient (Wildman–Crippen LogP) is -0.176. The Kier molecular flexibility index (Phi) is 4.39. The summed E-state index contributed by atoms with van der Waals surface area (Å²) in [5, 5.41) is 10.8. The Morgan fingerprint density at radius 3 is 2.61 bits per heavy atom. The summed E-state index contributed by atoms with van der Waals surface area (Å²) in [6, 6.07) is 4.22. The van der Waals surface area contributed by atoms with Crippen molar-refractivity contribution < 1.29 is 24.2 Å². The maximum Gasteiger partial charge on any atom is 0.337 e. The Morgan fingerprint density at radius 1 is 1.39 bits per heavy atom. The van der Waals surface area contributed by atoms with Gasteiger partial charge in [-0.2, -0.15) is 0 Å². The van der Waals surface area contributed by atoms with Crippen molar-refractivity contribution in [2.75, 3.05) is 12.4 Å². The second kappa shape index (κ2) is 5.78. The van der Waals surface area contributed by atoms with Gasteiger partial charge in [0.15, 0.2) is 6.04 Å². The number of rotatable bonds is 4. The third-order valence-electron chi connectivity index (χ3n) is 2.10. The van der Waals surface area contributed by atoms with Crippen molar-refractivity contribution in [2.45, 2.75) is 6.04 Å². The Labute approximate surface area is 103 Å². The molecule has 0 aliphatic rings. The molecular formula is C11H12N2O5. The number of hydrogen-bond acceptors (Lipinski definition) is 5. The lowest BCUT2D eigenvalue weighted by Crippen LogP contribution is -2.42. The van der Waals surface area contributed by atoms with Crippen LogP contribution in [0.4, 0.5) is 5.69 Å². The summed E-state index contributed by atoms with van der Waals surface area (Å²) in [5.41, 5.74) is 5.63. The minimum atomic E-state index is -1.66. The average molecular weight is 252 g/mol. The first-order chi connectivity index (χ1) is 8.45. The molecule has 0 radical (unpaired) electrons. The number of methoxy groups -OCH3 is 1. The van der Waals surface area contributed by atoms with Gasteiger partial charge in [-0.3, -0.25) is 4.79 Å². The van der Waals surface area contributed by atoms with Crippen molar-refractivity contribution in [1.29, 1.82) is 0 Å². The summed E-state index contributed by atoms with van der Waals surface area (Å²) in [6.45, 7) is 0. The molecule has 96 valence electrons. The average Bonchev–Trinajstić information content (AvgIpc) is 2.36. The first kappa shape index (κ1) is 13.7. The second-order valence-electron chi connectivity index (χ2n) is 3.38. The van der Waals surface area contributed by atoms with Crippen molar-refractivity contribution in [1.82, 2.24) is 0 Å². The fourth-order valence-electron chi connectivity index (χ4n) is 1.17. The van der Waals surface area contributed by atoms with E-state index in [1.54, 1.807) is 0 Å². The maximum absolute atomic E-state index is 11.4. The summed E-state index contributed by atoms with van der Waals surface area (Å²) < 4.78 is 4.51. The highest BCUT2D eigenvalue weighted by Gasteiger charge is 2.21. The molecule has 1 aromatic carbocycles. The van der Waals surface area contributed by atoms with Crippen molar-refractivity contribution in [3.63, 3.8) is 0 Å². The van der Waals surface area contributed by atoms with E-state index in [0.717, 1.165) is 0 Å². The van der Waals surface area contributed by atoms with Crippen molar-refractivity contribution in [2.24, 2.45) is 5.73 Å². The number of ether oxygens (including phenoxy) is 1. The summed E-state index contributed by atoms with van der Waals surface area (Å²) in [4.78, 5) is 33.1. The molecule has 7 nitrogen and oxygen atoms in total. The van der Waals surface area contributed by atoms with E-state index in [2.05, 4.69) is 10.1 Å². The molecule has 0 spiro atoms. The number of carbonyl (C=O) groups excluding carboxylic acids is 2. The standard InChI is InChI=1S/C11H12N2O5/c1-18-11(17)6-3-2-4-7(5-6)13-9(14)8(12)10(15)16/h2-5,8H,12H2,1H3,(H,13,14)(H,15,16). The molecule has 1 amide bonds. The number of esters is 1. The molecule has 18 heavy (non-hydrogen) atoms. The summed E-state index contributed by atoms with van der Waals surface area (Å²) >= 11 is 0. The van der Waals surface area contributed by atoms with Crippen LogP contribution in [0.1, 0.15) is 10.4 Å². The Bertz CT molecular complexity index is 486. The Balaban J connectivity index is 2.82. The van der Waals surface area contributed by atoms with E-state index in [1.807, 2.05) is 0 Å². The van der Waals surface area contributed by atoms with E-state index in [0.29, 0.717) is 0 Å². The monoisotopic (exact) mass is 252 g/mol. The molecule has 0 bridgehead atoms. The molecule has 0 aliphatic heterocycles. The number of carbonyl (C=O) groups is 3. The molecule has 0 aliphatic carbocycles. The van der Waals surface area contributed by atoms with Crippen LogP contribution in [0.15, 0.2) is 24.3 Å². The predicted molar refractivity (Wildman–Crippen MR) is 62.0 cm³/mol. The second-order valence-corrected chi connectivity index (χ2v) is 3.38. The lowest BCUT2D eigenvalue weighted by atomic mass is 10.2. The normalized spacial score (nSPS) is 11.4. The van der Waals surface area contributed by atoms with Crippen molar-refractivity contribution in [3.05, 3.63) is 29.8 Å². The van der Waals surface area contributed by atoms with Crippen LogP contribution in [-0.2, 0) is 14.3 Å². The van der Waals surface area contributed by atoms with Crippen LogP contribution in [0, 0.1) is 0 Å². The first-order valence-corrected chi connectivity index (χ1v) is 4.93. The number of nitrogens with two attached hydrogens (primary N) is 1. The molecule has 1 rings (SSSR count). The van der Waals surface area contributed by atoms with E-state index >= 15 is 0 Å². The van der Waals surface area contributed by atoms with Crippen LogP contribution in [0.5, 0.6) is 0 Å². The number of carboxylic acid groups (broad SMARTS) is 1. The van der Waals surface area contributed by atoms with Crippen LogP contribution in [0.2, 0.25) is 0 Å². The summed E-state index contributed by atoms with van der Waals surface area (Å²) in [5.74, 6) is -2.87. The van der Waals surface area contributed by atoms with Crippen LogP contribution >= 0.6 is 0 Å². The van der Waals surface area contributed by atoms with Crippen molar-refractivity contribution >= 4 is 23.5 Å². The molecule has 7 heteroatoms. The van der Waals surface area contributed by atoms with Gasteiger partial charge < -0.3 is 20.9 Å². The number of amides is 1. The van der Waals surface area contributed by atoms with Gasteiger partial charge in [-0.15, -0.1) is 0 Å². The third kappa shape index (κ3) is 3.29. The molecule has 0 heterocycles. The van der Waals surface area contributed by atoms with Gasteiger partial charge >= 0.3 is 11.9 Å². The highest BCUT2D eigenvalue weighted by atomic mass is 16.5. The number of carboxylic acids is 1. The van der Waals surface area contributed by atoms with Gasteiger partial charge in [-0.1, -0.05) is 6.07 Å². The minimum Gasteiger partial charge on any atom is -0.480 e. The molecule has 0 aromatic heterocycles. The highest BCUT2D eigenvalue weighted by Crippen LogP contribution is 2.11. The minimum absolute atomic E-state index is 0.235. The number of aliphatic carboxylic acids is 1. The topological polar surface area (TPSA) is 119 Å². The van der Waals surface area contributed by atoms with Crippen LogP contribution < -0.4 is 11.1 Å². The smallest absolute Gasteiger partial charge is 0.337 e. The summed E-state index contributed by atoms with van der Waals surface area (Å²) in [7, 11) is 1.23. The maximum atomic E-state index is 11.4. The van der Waals surface area contributed by atoms with Crippen LogP contribution in [0.25, 0.3) is 0 Å². The van der Waals surface area contributed by atoms with Crippen molar-refractivity contribution in [3.8, 4) is 0 Å².